The number of aliphatic hydroxyl groups is 1. The molecule has 1 aromatic carbocycles. The maximum Gasteiger partial charge on any atom is 0.416 e. The molecular formula is C19H25F3N4O2S. The van der Waals surface area contributed by atoms with Gasteiger partial charge in [-0.15, -0.1) is 11.3 Å². The van der Waals surface area contributed by atoms with Gasteiger partial charge in [-0.1, -0.05) is 0 Å². The van der Waals surface area contributed by atoms with Gasteiger partial charge in [-0.2, -0.15) is 13.2 Å². The van der Waals surface area contributed by atoms with Gasteiger partial charge in [-0.3, -0.25) is 0 Å². The van der Waals surface area contributed by atoms with E-state index in [0.717, 1.165) is 27.7 Å². The van der Waals surface area contributed by atoms with E-state index in [2.05, 4.69) is 20.6 Å². The predicted molar refractivity (Wildman–Crippen MR) is 107 cm³/mol. The number of nitrogens with zero attached hydrogens (tertiary/aromatic N) is 2. The second kappa shape index (κ2) is 10.4. The fraction of sp³-hybridized carbons (Fsp3) is 0.474. The van der Waals surface area contributed by atoms with Crippen molar-refractivity contribution in [2.75, 3.05) is 19.7 Å². The highest BCUT2D eigenvalue weighted by Crippen LogP contribution is 2.30. The lowest BCUT2D eigenvalue weighted by Gasteiger charge is -2.16. The molecule has 1 aromatic heterocycles. The first-order chi connectivity index (χ1) is 13.7. The molecule has 3 N–H and O–H groups in total. The zero-order valence-corrected chi connectivity index (χ0v) is 17.3. The number of benzene rings is 1. The second-order valence-electron chi connectivity index (χ2n) is 6.31. The van der Waals surface area contributed by atoms with Crippen LogP contribution in [-0.2, 0) is 12.7 Å². The van der Waals surface area contributed by atoms with Crippen LogP contribution in [0.5, 0.6) is 5.75 Å². The summed E-state index contributed by atoms with van der Waals surface area (Å²) in [6, 6.07) is 4.34. The van der Waals surface area contributed by atoms with Crippen LogP contribution in [0.3, 0.4) is 0 Å². The van der Waals surface area contributed by atoms with Crippen LogP contribution >= 0.6 is 11.3 Å². The number of hydrogen-bond acceptors (Lipinski definition) is 5. The van der Waals surface area contributed by atoms with Gasteiger partial charge in [0.05, 0.1) is 17.8 Å². The summed E-state index contributed by atoms with van der Waals surface area (Å²) in [5.41, 5.74) is 0.248. The van der Waals surface area contributed by atoms with Crippen molar-refractivity contribution in [3.8, 4) is 5.75 Å². The Balaban J connectivity index is 1.81. The van der Waals surface area contributed by atoms with Gasteiger partial charge in [0, 0.05) is 18.0 Å². The average Bonchev–Trinajstić information content (AvgIpc) is 2.99. The molecule has 0 amide bonds. The Morgan fingerprint density at radius 2 is 1.93 bits per heavy atom. The maximum atomic E-state index is 12.6. The molecule has 0 spiro atoms. The molecule has 0 aliphatic rings. The summed E-state index contributed by atoms with van der Waals surface area (Å²) in [7, 11) is 0. The van der Waals surface area contributed by atoms with Crippen LogP contribution in [0.4, 0.5) is 13.2 Å². The van der Waals surface area contributed by atoms with Gasteiger partial charge >= 0.3 is 6.18 Å². The van der Waals surface area contributed by atoms with Crippen LogP contribution in [-0.4, -0.2) is 41.9 Å². The number of guanidine groups is 1. The quantitative estimate of drug-likeness (QED) is 0.443. The lowest BCUT2D eigenvalue weighted by atomic mass is 10.2. The van der Waals surface area contributed by atoms with Crippen LogP contribution < -0.4 is 15.4 Å². The highest BCUT2D eigenvalue weighted by atomic mass is 32.1. The van der Waals surface area contributed by atoms with Crippen molar-refractivity contribution in [1.82, 2.24) is 15.6 Å². The second-order valence-corrected chi connectivity index (χ2v) is 7.60. The number of aryl methyl sites for hydroxylation is 2. The third-order valence-corrected chi connectivity index (χ3v) is 4.98. The zero-order chi connectivity index (χ0) is 21.4. The predicted octanol–water partition coefficient (Wildman–Crippen LogP) is 3.27. The van der Waals surface area contributed by atoms with E-state index in [1.807, 2.05) is 20.8 Å². The molecule has 0 bridgehead atoms. The van der Waals surface area contributed by atoms with Crippen LogP contribution in [0.15, 0.2) is 29.3 Å². The Morgan fingerprint density at radius 1 is 1.24 bits per heavy atom. The molecule has 1 heterocycles. The fourth-order valence-electron chi connectivity index (χ4n) is 2.30. The van der Waals surface area contributed by atoms with E-state index in [1.165, 1.54) is 12.1 Å². The molecule has 0 saturated carbocycles. The SMILES string of the molecule is CCNC(=NCc1nc(C)c(C)s1)NCC(O)COc1ccc(C(F)(F)F)cc1. The lowest BCUT2D eigenvalue weighted by molar-refractivity contribution is -0.137. The van der Waals surface area contributed by atoms with E-state index in [1.54, 1.807) is 11.3 Å². The van der Waals surface area contributed by atoms with Gasteiger partial charge in [0.1, 0.15) is 23.5 Å². The monoisotopic (exact) mass is 430 g/mol. The van der Waals surface area contributed by atoms with Crippen LogP contribution in [0.1, 0.15) is 28.1 Å². The first-order valence-corrected chi connectivity index (χ1v) is 9.94. The molecule has 1 unspecified atom stereocenters. The molecular weight excluding hydrogens is 405 g/mol. The number of thiazole rings is 1. The molecule has 2 rings (SSSR count). The molecule has 0 aliphatic carbocycles. The Bertz CT molecular complexity index is 787. The smallest absolute Gasteiger partial charge is 0.416 e. The summed E-state index contributed by atoms with van der Waals surface area (Å²) in [6.45, 7) is 7.07. The van der Waals surface area contributed by atoms with Crippen molar-refractivity contribution in [1.29, 1.82) is 0 Å². The van der Waals surface area contributed by atoms with Crippen molar-refractivity contribution < 1.29 is 23.0 Å². The number of ether oxygens (including phenoxy) is 1. The summed E-state index contributed by atoms with van der Waals surface area (Å²) < 4.78 is 43.0. The van der Waals surface area contributed by atoms with Gasteiger partial charge in [0.2, 0.25) is 0 Å². The van der Waals surface area contributed by atoms with E-state index in [-0.39, 0.29) is 18.9 Å². The molecule has 0 radical (unpaired) electrons. The number of nitrogens with one attached hydrogen (secondary N) is 2. The Labute approximate surface area is 171 Å². The summed E-state index contributed by atoms with van der Waals surface area (Å²) in [6.07, 6.45) is -5.26. The van der Waals surface area contributed by atoms with Gasteiger partial charge in [0.15, 0.2) is 5.96 Å². The van der Waals surface area contributed by atoms with E-state index in [4.69, 9.17) is 4.74 Å². The number of hydrogen-bond donors (Lipinski definition) is 3. The van der Waals surface area contributed by atoms with E-state index in [9.17, 15) is 18.3 Å². The fourth-order valence-corrected chi connectivity index (χ4v) is 3.16. The Hall–Kier alpha value is -2.33. The van der Waals surface area contributed by atoms with Crippen LogP contribution in [0.25, 0.3) is 0 Å². The number of halogens is 3. The van der Waals surface area contributed by atoms with Gasteiger partial charge < -0.3 is 20.5 Å². The van der Waals surface area contributed by atoms with E-state index in [0.29, 0.717) is 19.0 Å². The standard InChI is InChI=1S/C19H25F3N4O2S/c1-4-23-18(25-10-17-26-12(2)13(3)29-17)24-9-15(27)11-28-16-7-5-14(6-8-16)19(20,21)22/h5-8,15,27H,4,9-11H2,1-3H3,(H2,23,24,25). The molecule has 0 aliphatic heterocycles. The Morgan fingerprint density at radius 3 is 2.48 bits per heavy atom. The first kappa shape index (κ1) is 23.0. The zero-order valence-electron chi connectivity index (χ0n) is 16.5. The molecule has 1 atom stereocenters. The van der Waals surface area contributed by atoms with Crippen molar-refractivity contribution in [2.45, 2.75) is 39.6 Å². The van der Waals surface area contributed by atoms with E-state index >= 15 is 0 Å². The van der Waals surface area contributed by atoms with Crippen molar-refractivity contribution in [3.63, 3.8) is 0 Å². The normalized spacial score (nSPS) is 13.3. The third-order valence-electron chi connectivity index (χ3n) is 3.92. The van der Waals surface area contributed by atoms with Gasteiger partial charge in [0.25, 0.3) is 0 Å². The summed E-state index contributed by atoms with van der Waals surface area (Å²) in [4.78, 5) is 10.0. The van der Waals surface area contributed by atoms with Crippen molar-refractivity contribution >= 4 is 17.3 Å². The van der Waals surface area contributed by atoms with Gasteiger partial charge in [-0.25, -0.2) is 9.98 Å². The highest BCUT2D eigenvalue weighted by Gasteiger charge is 2.30. The summed E-state index contributed by atoms with van der Waals surface area (Å²) in [5.74, 6) is 0.790. The minimum Gasteiger partial charge on any atom is -0.491 e. The van der Waals surface area contributed by atoms with Gasteiger partial charge in [-0.05, 0) is 45.0 Å². The summed E-state index contributed by atoms with van der Waals surface area (Å²) in [5, 5.41) is 17.1. The number of alkyl halides is 3. The topological polar surface area (TPSA) is 78.8 Å². The van der Waals surface area contributed by atoms with E-state index < -0.39 is 17.8 Å². The molecule has 29 heavy (non-hydrogen) atoms. The van der Waals surface area contributed by atoms with Crippen molar-refractivity contribution in [3.05, 3.63) is 45.4 Å². The molecule has 6 nitrogen and oxygen atoms in total. The average molecular weight is 430 g/mol. The molecule has 10 heteroatoms. The number of aromatic nitrogens is 1. The largest absolute Gasteiger partial charge is 0.491 e. The minimum atomic E-state index is -4.39. The van der Waals surface area contributed by atoms with Crippen LogP contribution in [0.2, 0.25) is 0 Å². The lowest BCUT2D eigenvalue weighted by Crippen LogP contribution is -2.42. The number of aliphatic hydroxyl groups excluding tert-OH is 1. The first-order valence-electron chi connectivity index (χ1n) is 9.12. The molecule has 160 valence electrons. The molecule has 0 saturated heterocycles. The maximum absolute atomic E-state index is 12.6. The third kappa shape index (κ3) is 7.54. The van der Waals surface area contributed by atoms with Crippen LogP contribution in [0, 0.1) is 13.8 Å². The number of rotatable bonds is 8. The summed E-state index contributed by atoms with van der Waals surface area (Å²) >= 11 is 1.59. The number of aliphatic imine (C=N–C) groups is 1. The minimum absolute atomic E-state index is 0.0668. The highest BCUT2D eigenvalue weighted by molar-refractivity contribution is 7.11. The molecule has 0 fully saturated rings. The van der Waals surface area contributed by atoms with Crippen molar-refractivity contribution in [2.24, 2.45) is 4.99 Å². The Kier molecular flexibility index (Phi) is 8.27. The molecule has 2 aromatic rings.